The van der Waals surface area contributed by atoms with Gasteiger partial charge in [-0.2, -0.15) is 0 Å². The lowest BCUT2D eigenvalue weighted by Gasteiger charge is -2.28. The van der Waals surface area contributed by atoms with Crippen LogP contribution in [-0.2, 0) is 4.79 Å². The van der Waals surface area contributed by atoms with E-state index in [4.69, 9.17) is 0 Å². The van der Waals surface area contributed by atoms with E-state index >= 15 is 0 Å². The van der Waals surface area contributed by atoms with Crippen molar-refractivity contribution in [2.24, 2.45) is 10.4 Å². The lowest BCUT2D eigenvalue weighted by molar-refractivity contribution is -0.130. The average Bonchev–Trinajstić information content (AvgIpc) is 2.29. The molecule has 0 fully saturated rings. The third-order valence-electron chi connectivity index (χ3n) is 3.32. The van der Waals surface area contributed by atoms with Crippen LogP contribution in [0.1, 0.15) is 60.8 Å². The molecule has 0 aromatic heterocycles. The van der Waals surface area contributed by atoms with Crippen molar-refractivity contribution < 1.29 is 4.79 Å². The van der Waals surface area contributed by atoms with Gasteiger partial charge < -0.3 is 5.32 Å². The second-order valence-corrected chi connectivity index (χ2v) is 4.72. The molecule has 0 aromatic carbocycles. The molecule has 0 radical (unpaired) electrons. The maximum atomic E-state index is 12.2. The van der Waals surface area contributed by atoms with Crippen molar-refractivity contribution in [1.82, 2.24) is 5.32 Å². The molecule has 0 saturated heterocycles. The predicted octanol–water partition coefficient (Wildman–Crippen LogP) is 3.66. The van der Waals surface area contributed by atoms with Crippen LogP contribution in [0.25, 0.3) is 0 Å². The van der Waals surface area contributed by atoms with Gasteiger partial charge in [0.15, 0.2) is 0 Å². The van der Waals surface area contributed by atoms with E-state index in [2.05, 4.69) is 31.1 Å². The van der Waals surface area contributed by atoms with Crippen LogP contribution in [0, 0.1) is 5.41 Å². The molecule has 0 aliphatic carbocycles. The van der Waals surface area contributed by atoms with Crippen LogP contribution in [0.4, 0.5) is 0 Å². The van der Waals surface area contributed by atoms with E-state index in [1.165, 1.54) is 0 Å². The molecular formula is C14H26N2O. The maximum absolute atomic E-state index is 12.2. The van der Waals surface area contributed by atoms with Gasteiger partial charge >= 0.3 is 0 Å². The van der Waals surface area contributed by atoms with Gasteiger partial charge in [0.25, 0.3) is 0 Å². The standard InChI is InChI=1S/C14H26N2O/c1-7-14(8-2,9-3)13(17)16-12(6)15-10-11(4)5/h10H,7-9H2,1-6H3,(H,15,16,17). The number of amides is 1. The van der Waals surface area contributed by atoms with E-state index in [-0.39, 0.29) is 11.3 Å². The molecule has 3 heteroatoms. The van der Waals surface area contributed by atoms with Crippen molar-refractivity contribution in [3.63, 3.8) is 0 Å². The summed E-state index contributed by atoms with van der Waals surface area (Å²) in [6, 6.07) is 0. The van der Waals surface area contributed by atoms with Gasteiger partial charge in [-0.1, -0.05) is 26.3 Å². The fourth-order valence-corrected chi connectivity index (χ4v) is 1.79. The molecule has 1 N–H and O–H groups in total. The van der Waals surface area contributed by atoms with Crippen LogP contribution >= 0.6 is 0 Å². The Balaban J connectivity index is 4.73. The third kappa shape index (κ3) is 4.72. The number of hydrogen-bond acceptors (Lipinski definition) is 2. The SMILES string of the molecule is CCC(CC)(CC)C(=O)NC(C)=NC=C(C)C. The summed E-state index contributed by atoms with van der Waals surface area (Å²) in [7, 11) is 0. The normalized spacial score (nSPS) is 12.2. The zero-order chi connectivity index (χ0) is 13.5. The first kappa shape index (κ1) is 15.9. The van der Waals surface area contributed by atoms with E-state index in [9.17, 15) is 4.79 Å². The van der Waals surface area contributed by atoms with Crippen molar-refractivity contribution in [3.8, 4) is 0 Å². The van der Waals surface area contributed by atoms with Gasteiger partial charge in [-0.3, -0.25) is 4.79 Å². The molecule has 0 aliphatic heterocycles. The molecule has 1 amide bonds. The number of carbonyl (C=O) groups is 1. The first-order valence-corrected chi connectivity index (χ1v) is 6.41. The van der Waals surface area contributed by atoms with Gasteiger partial charge in [0.05, 0.1) is 0 Å². The second-order valence-electron chi connectivity index (χ2n) is 4.72. The quantitative estimate of drug-likeness (QED) is 0.576. The van der Waals surface area contributed by atoms with Crippen molar-refractivity contribution in [2.75, 3.05) is 0 Å². The van der Waals surface area contributed by atoms with Gasteiger partial charge in [-0.25, -0.2) is 4.99 Å². The highest BCUT2D eigenvalue weighted by Gasteiger charge is 2.32. The summed E-state index contributed by atoms with van der Waals surface area (Å²) in [5.41, 5.74) is 0.869. The molecule has 0 rings (SSSR count). The fraction of sp³-hybridized carbons (Fsp3) is 0.714. The van der Waals surface area contributed by atoms with Crippen LogP contribution in [0.5, 0.6) is 0 Å². The number of hydrogen-bond donors (Lipinski definition) is 1. The number of amidine groups is 1. The van der Waals surface area contributed by atoms with Crippen molar-refractivity contribution >= 4 is 11.7 Å². The summed E-state index contributed by atoms with van der Waals surface area (Å²) in [5, 5.41) is 2.90. The molecule has 0 saturated carbocycles. The number of nitrogens with zero attached hydrogens (tertiary/aromatic N) is 1. The lowest BCUT2D eigenvalue weighted by atomic mass is 9.79. The Labute approximate surface area is 105 Å². The van der Waals surface area contributed by atoms with E-state index in [0.29, 0.717) is 5.84 Å². The summed E-state index contributed by atoms with van der Waals surface area (Å²) in [6.07, 6.45) is 4.35. The van der Waals surface area contributed by atoms with Crippen LogP contribution in [-0.4, -0.2) is 11.7 Å². The van der Waals surface area contributed by atoms with Crippen LogP contribution in [0.3, 0.4) is 0 Å². The molecular weight excluding hydrogens is 212 g/mol. The zero-order valence-electron chi connectivity index (χ0n) is 12.1. The van der Waals surface area contributed by atoms with Crippen molar-refractivity contribution in [1.29, 1.82) is 0 Å². The topological polar surface area (TPSA) is 41.5 Å². The fourth-order valence-electron chi connectivity index (χ4n) is 1.79. The van der Waals surface area contributed by atoms with Crippen molar-refractivity contribution in [2.45, 2.75) is 60.8 Å². The minimum Gasteiger partial charge on any atom is -0.314 e. The van der Waals surface area contributed by atoms with E-state index in [1.807, 2.05) is 20.8 Å². The number of aliphatic imine (C=N–C) groups is 1. The lowest BCUT2D eigenvalue weighted by Crippen LogP contribution is -2.42. The maximum Gasteiger partial charge on any atom is 0.231 e. The minimum absolute atomic E-state index is 0.0911. The molecule has 3 nitrogen and oxygen atoms in total. The Bertz CT molecular complexity index is 300. The van der Waals surface area contributed by atoms with Crippen molar-refractivity contribution in [3.05, 3.63) is 11.8 Å². The minimum atomic E-state index is -0.248. The Morgan fingerprint density at radius 1 is 1.12 bits per heavy atom. The summed E-state index contributed by atoms with van der Waals surface area (Å²) in [6.45, 7) is 12.0. The Kier molecular flexibility index (Phi) is 6.78. The molecule has 0 spiro atoms. The number of carbonyl (C=O) groups excluding carboxylic acids is 1. The summed E-state index contributed by atoms with van der Waals surface area (Å²) < 4.78 is 0. The highest BCUT2D eigenvalue weighted by Crippen LogP contribution is 2.30. The molecule has 0 bridgehead atoms. The highest BCUT2D eigenvalue weighted by molar-refractivity contribution is 5.99. The Morgan fingerprint density at radius 3 is 1.94 bits per heavy atom. The third-order valence-corrected chi connectivity index (χ3v) is 3.32. The van der Waals surface area contributed by atoms with Gasteiger partial charge in [-0.05, 0) is 40.0 Å². The van der Waals surface area contributed by atoms with Gasteiger partial charge in [0.1, 0.15) is 5.84 Å². The molecule has 0 aliphatic rings. The van der Waals surface area contributed by atoms with Gasteiger partial charge in [-0.15, -0.1) is 0 Å². The molecule has 0 aromatic rings. The van der Waals surface area contributed by atoms with E-state index in [1.54, 1.807) is 6.20 Å². The second kappa shape index (κ2) is 7.25. The summed E-state index contributed by atoms with van der Waals surface area (Å²) in [5.74, 6) is 0.754. The zero-order valence-corrected chi connectivity index (χ0v) is 12.1. The van der Waals surface area contributed by atoms with E-state index in [0.717, 1.165) is 24.8 Å². The molecule has 0 unspecified atom stereocenters. The van der Waals surface area contributed by atoms with Crippen LogP contribution in [0.2, 0.25) is 0 Å². The monoisotopic (exact) mass is 238 g/mol. The number of nitrogens with one attached hydrogen (secondary N) is 1. The molecule has 98 valence electrons. The van der Waals surface area contributed by atoms with Gasteiger partial charge in [0, 0.05) is 11.6 Å². The first-order chi connectivity index (χ1) is 7.91. The predicted molar refractivity (Wildman–Crippen MR) is 74.0 cm³/mol. The Hall–Kier alpha value is -1.12. The highest BCUT2D eigenvalue weighted by atomic mass is 16.2. The number of rotatable bonds is 5. The summed E-state index contributed by atoms with van der Waals surface area (Å²) in [4.78, 5) is 16.4. The van der Waals surface area contributed by atoms with E-state index < -0.39 is 0 Å². The van der Waals surface area contributed by atoms with Crippen LogP contribution < -0.4 is 5.32 Å². The van der Waals surface area contributed by atoms with Crippen LogP contribution in [0.15, 0.2) is 16.8 Å². The molecule has 0 heterocycles. The largest absolute Gasteiger partial charge is 0.314 e. The smallest absolute Gasteiger partial charge is 0.231 e. The number of allylic oxidation sites excluding steroid dienone is 1. The van der Waals surface area contributed by atoms with Gasteiger partial charge in [0.2, 0.25) is 5.91 Å². The average molecular weight is 238 g/mol. The first-order valence-electron chi connectivity index (χ1n) is 6.41. The molecule has 17 heavy (non-hydrogen) atoms. The molecule has 0 atom stereocenters. The summed E-state index contributed by atoms with van der Waals surface area (Å²) >= 11 is 0. The Morgan fingerprint density at radius 2 is 1.59 bits per heavy atom.